The quantitative estimate of drug-likeness (QED) is 0.511. The van der Waals surface area contributed by atoms with Gasteiger partial charge < -0.3 is 10.2 Å². The van der Waals surface area contributed by atoms with Crippen molar-refractivity contribution in [2.75, 3.05) is 23.3 Å². The summed E-state index contributed by atoms with van der Waals surface area (Å²) in [4.78, 5) is 11.1. The van der Waals surface area contributed by atoms with Gasteiger partial charge in [-0.05, 0) is 43.5 Å². The third kappa shape index (κ3) is 3.92. The first kappa shape index (κ1) is 19.7. The van der Waals surface area contributed by atoms with Crippen molar-refractivity contribution in [1.82, 2.24) is 24.0 Å². The number of rotatable bonds is 4. The summed E-state index contributed by atoms with van der Waals surface area (Å²) in [5, 5.41) is 8.56. The van der Waals surface area contributed by atoms with Gasteiger partial charge in [0.15, 0.2) is 17.3 Å². The largest absolute Gasteiger partial charge is 0.350 e. The summed E-state index contributed by atoms with van der Waals surface area (Å²) in [5.74, 6) is -1.38. The summed E-state index contributed by atoms with van der Waals surface area (Å²) >= 11 is 1.40. The molecule has 1 saturated heterocycles. The van der Waals surface area contributed by atoms with E-state index in [1.165, 1.54) is 34.4 Å². The molecule has 5 rings (SSSR count). The highest BCUT2D eigenvalue weighted by Gasteiger charge is 2.23. The van der Waals surface area contributed by atoms with Crippen LogP contribution in [-0.2, 0) is 0 Å². The first-order valence-electron chi connectivity index (χ1n) is 9.79. The summed E-state index contributed by atoms with van der Waals surface area (Å²) in [7, 11) is 0. The van der Waals surface area contributed by atoms with Gasteiger partial charge in [-0.2, -0.15) is 9.36 Å². The number of fused-ring (bicyclic) bond motifs is 1. The molecule has 4 heterocycles. The number of anilines is 2. The van der Waals surface area contributed by atoms with Crippen LogP contribution >= 0.6 is 11.5 Å². The van der Waals surface area contributed by atoms with E-state index in [0.717, 1.165) is 49.0 Å². The van der Waals surface area contributed by atoms with Crippen molar-refractivity contribution in [3.63, 3.8) is 0 Å². The van der Waals surface area contributed by atoms with Crippen LogP contribution in [0.25, 0.3) is 16.8 Å². The van der Waals surface area contributed by atoms with E-state index >= 15 is 0 Å². The van der Waals surface area contributed by atoms with Gasteiger partial charge in [0.05, 0.1) is 6.20 Å². The number of aryl methyl sites for hydroxylation is 1. The smallest absolute Gasteiger partial charge is 0.243 e. The zero-order valence-electron chi connectivity index (χ0n) is 16.5. The number of nitrogens with zero attached hydrogens (tertiary/aromatic N) is 6. The van der Waals surface area contributed by atoms with E-state index in [9.17, 15) is 13.2 Å². The lowest BCUT2D eigenvalue weighted by atomic mass is 10.1. The first-order valence-corrected chi connectivity index (χ1v) is 10.6. The van der Waals surface area contributed by atoms with Gasteiger partial charge in [-0.25, -0.2) is 22.7 Å². The number of piperidine rings is 1. The molecule has 0 aliphatic carbocycles. The lowest BCUT2D eigenvalue weighted by Gasteiger charge is -2.31. The molecule has 0 unspecified atom stereocenters. The molecule has 0 saturated carbocycles. The second-order valence-electron chi connectivity index (χ2n) is 7.43. The fourth-order valence-corrected chi connectivity index (χ4v) is 4.43. The van der Waals surface area contributed by atoms with E-state index in [-0.39, 0.29) is 6.04 Å². The molecule has 0 bridgehead atoms. The number of pyridine rings is 1. The minimum Gasteiger partial charge on any atom is -0.350 e. The average Bonchev–Trinajstić information content (AvgIpc) is 3.36. The molecule has 11 heteroatoms. The van der Waals surface area contributed by atoms with Gasteiger partial charge in [0.1, 0.15) is 11.6 Å². The molecular weight excluding hydrogens is 427 g/mol. The van der Waals surface area contributed by atoms with Crippen LogP contribution in [0, 0.1) is 24.4 Å². The van der Waals surface area contributed by atoms with E-state index in [1.54, 1.807) is 0 Å². The fraction of sp³-hybridized carbons (Fsp3) is 0.300. The first-order chi connectivity index (χ1) is 15.0. The van der Waals surface area contributed by atoms with Gasteiger partial charge >= 0.3 is 0 Å². The maximum Gasteiger partial charge on any atom is 0.243 e. The van der Waals surface area contributed by atoms with Gasteiger partial charge in [0, 0.05) is 36.2 Å². The highest BCUT2D eigenvalue weighted by molar-refractivity contribution is 7.09. The molecule has 3 aromatic heterocycles. The topological polar surface area (TPSA) is 71.2 Å². The third-order valence-corrected chi connectivity index (χ3v) is 6.11. The van der Waals surface area contributed by atoms with Gasteiger partial charge in [-0.3, -0.25) is 0 Å². The zero-order chi connectivity index (χ0) is 21.5. The zero-order valence-corrected chi connectivity index (χ0v) is 17.3. The molecule has 0 spiro atoms. The van der Waals surface area contributed by atoms with Crippen LogP contribution in [0.2, 0.25) is 0 Å². The predicted octanol–water partition coefficient (Wildman–Crippen LogP) is 4.05. The summed E-state index contributed by atoms with van der Waals surface area (Å²) < 4.78 is 46.7. The van der Waals surface area contributed by atoms with Gasteiger partial charge in [0.25, 0.3) is 0 Å². The molecule has 0 radical (unpaired) electrons. The molecule has 1 aliphatic heterocycles. The van der Waals surface area contributed by atoms with Crippen molar-refractivity contribution in [3.8, 4) is 11.1 Å². The summed E-state index contributed by atoms with van der Waals surface area (Å²) in [6.45, 7) is 3.53. The Kier molecular flexibility index (Phi) is 4.97. The Hall–Kier alpha value is -3.21. The van der Waals surface area contributed by atoms with Crippen LogP contribution in [0.5, 0.6) is 0 Å². The van der Waals surface area contributed by atoms with Gasteiger partial charge in [-0.1, -0.05) is 6.07 Å². The molecule has 0 atom stereocenters. The van der Waals surface area contributed by atoms with E-state index in [1.807, 2.05) is 6.92 Å². The van der Waals surface area contributed by atoms with Gasteiger partial charge in [-0.15, -0.1) is 5.10 Å². The number of hydrogen-bond donors (Lipinski definition) is 1. The Bertz CT molecular complexity index is 1250. The predicted molar refractivity (Wildman–Crippen MR) is 112 cm³/mol. The Morgan fingerprint density at radius 3 is 2.58 bits per heavy atom. The normalized spacial score (nSPS) is 15.0. The van der Waals surface area contributed by atoms with Crippen molar-refractivity contribution in [2.45, 2.75) is 25.8 Å². The van der Waals surface area contributed by atoms with Crippen LogP contribution in [0.3, 0.4) is 0 Å². The Labute approximate surface area is 179 Å². The van der Waals surface area contributed by atoms with Crippen LogP contribution in [-0.4, -0.2) is 43.1 Å². The Morgan fingerprint density at radius 2 is 1.87 bits per heavy atom. The fourth-order valence-electron chi connectivity index (χ4n) is 3.70. The summed E-state index contributed by atoms with van der Waals surface area (Å²) in [5.41, 5.74) is 1.01. The van der Waals surface area contributed by atoms with Crippen LogP contribution in [0.15, 0.2) is 30.5 Å². The van der Waals surface area contributed by atoms with Gasteiger partial charge in [0.2, 0.25) is 11.1 Å². The van der Waals surface area contributed by atoms with Crippen molar-refractivity contribution >= 4 is 28.3 Å². The van der Waals surface area contributed by atoms with Crippen molar-refractivity contribution in [2.24, 2.45) is 0 Å². The molecule has 31 heavy (non-hydrogen) atoms. The molecular formula is C20H18F3N7S. The SMILES string of the molecule is Cc1nsc(N2CCC(Nc3nc4c(-c5ccc(F)c(F)c5)cc(F)cn4n3)CC2)n1. The second-order valence-corrected chi connectivity index (χ2v) is 8.16. The average molecular weight is 445 g/mol. The van der Waals surface area contributed by atoms with Crippen LogP contribution in [0.4, 0.5) is 24.3 Å². The third-order valence-electron chi connectivity index (χ3n) is 5.25. The van der Waals surface area contributed by atoms with Crippen molar-refractivity contribution in [1.29, 1.82) is 0 Å². The van der Waals surface area contributed by atoms with Crippen LogP contribution in [0.1, 0.15) is 18.7 Å². The highest BCUT2D eigenvalue weighted by Crippen LogP contribution is 2.28. The monoisotopic (exact) mass is 445 g/mol. The molecule has 4 aromatic rings. The molecule has 160 valence electrons. The van der Waals surface area contributed by atoms with Crippen molar-refractivity contribution < 1.29 is 13.2 Å². The maximum atomic E-state index is 14.1. The van der Waals surface area contributed by atoms with Crippen molar-refractivity contribution in [3.05, 3.63) is 53.7 Å². The highest BCUT2D eigenvalue weighted by atomic mass is 32.1. The molecule has 1 aliphatic rings. The minimum atomic E-state index is -1.00. The van der Waals surface area contributed by atoms with E-state index in [2.05, 4.69) is 29.7 Å². The van der Waals surface area contributed by atoms with Crippen LogP contribution < -0.4 is 10.2 Å². The van der Waals surface area contributed by atoms with E-state index in [0.29, 0.717) is 22.7 Å². The summed E-state index contributed by atoms with van der Waals surface area (Å²) in [6.07, 6.45) is 2.93. The molecule has 1 fully saturated rings. The number of halogens is 3. The second kappa shape index (κ2) is 7.80. The number of aromatic nitrogens is 5. The van der Waals surface area contributed by atoms with E-state index < -0.39 is 17.5 Å². The number of nitrogens with one attached hydrogen (secondary N) is 1. The van der Waals surface area contributed by atoms with E-state index in [4.69, 9.17) is 0 Å². The number of benzene rings is 1. The molecule has 1 N–H and O–H groups in total. The Balaban J connectivity index is 1.36. The Morgan fingerprint density at radius 1 is 1.06 bits per heavy atom. The molecule has 1 aromatic carbocycles. The lowest BCUT2D eigenvalue weighted by molar-refractivity contribution is 0.509. The minimum absolute atomic E-state index is 0.152. The summed E-state index contributed by atoms with van der Waals surface area (Å²) in [6, 6.07) is 4.81. The lowest BCUT2D eigenvalue weighted by Crippen LogP contribution is -2.39. The molecule has 7 nitrogen and oxygen atoms in total. The molecule has 0 amide bonds. The standard InChI is InChI=1S/C20H18F3N7S/c1-11-24-20(31-28-11)29-6-4-14(5-7-29)25-19-26-18-15(9-13(21)10-30(18)27-19)12-2-3-16(22)17(23)8-12/h2-3,8-10,14H,4-7H2,1H3,(H,25,27). The number of hydrogen-bond acceptors (Lipinski definition) is 7. The maximum absolute atomic E-state index is 14.1.